The Morgan fingerprint density at radius 3 is 2.61 bits per heavy atom. The lowest BCUT2D eigenvalue weighted by Gasteiger charge is -2.11. The minimum atomic E-state index is -0.580. The van der Waals surface area contributed by atoms with Crippen LogP contribution in [0.5, 0.6) is 17.2 Å². The van der Waals surface area contributed by atoms with Gasteiger partial charge in [-0.1, -0.05) is 34.1 Å². The Hall–Kier alpha value is -3.52. The van der Waals surface area contributed by atoms with Crippen LogP contribution in [0.3, 0.4) is 0 Å². The van der Waals surface area contributed by atoms with E-state index >= 15 is 0 Å². The molecule has 6 nitrogen and oxygen atoms in total. The molecule has 1 heterocycles. The molecule has 0 spiro atoms. The van der Waals surface area contributed by atoms with Gasteiger partial charge in [0.15, 0.2) is 11.6 Å². The van der Waals surface area contributed by atoms with E-state index in [1.807, 2.05) is 12.1 Å². The van der Waals surface area contributed by atoms with Crippen molar-refractivity contribution in [3.05, 3.63) is 92.7 Å². The maximum Gasteiger partial charge on any atom is 0.282 e. The van der Waals surface area contributed by atoms with Crippen LogP contribution < -0.4 is 15.0 Å². The van der Waals surface area contributed by atoms with Crippen LogP contribution in [0.15, 0.2) is 75.0 Å². The van der Waals surface area contributed by atoms with Gasteiger partial charge in [0.2, 0.25) is 0 Å². The molecule has 4 rings (SSSR count). The second-order valence-electron chi connectivity index (χ2n) is 6.62. The van der Waals surface area contributed by atoms with E-state index in [1.54, 1.807) is 43.3 Å². The average Bonchev–Trinajstić information content (AvgIpc) is 2.76. The molecule has 3 aromatic carbocycles. The predicted octanol–water partition coefficient (Wildman–Crippen LogP) is 5.29. The number of aromatic nitrogens is 2. The van der Waals surface area contributed by atoms with Crippen LogP contribution in [0, 0.1) is 12.7 Å². The zero-order valence-corrected chi connectivity index (χ0v) is 18.3. The Kier molecular flexibility index (Phi) is 5.81. The molecule has 0 N–H and O–H groups in total. The first kappa shape index (κ1) is 20.7. The monoisotopic (exact) mass is 481 g/mol. The van der Waals surface area contributed by atoms with E-state index in [1.165, 1.54) is 30.1 Å². The summed E-state index contributed by atoms with van der Waals surface area (Å²) in [5, 5.41) is 4.71. The standard InChI is InChI=1S/C23H17BrFN3O3/c1-14-27-20-9-8-16(24)11-18(20)23(29)28(14)26-13-15-10-22(19(25)12-21(15)30-2)31-17-6-4-3-5-7-17/h3-13H,1-2H3. The molecule has 31 heavy (non-hydrogen) atoms. The highest BCUT2D eigenvalue weighted by atomic mass is 79.9. The summed E-state index contributed by atoms with van der Waals surface area (Å²) < 4.78 is 27.4. The van der Waals surface area contributed by atoms with Gasteiger partial charge in [0, 0.05) is 16.1 Å². The van der Waals surface area contributed by atoms with Crippen molar-refractivity contribution in [2.75, 3.05) is 7.11 Å². The molecule has 0 radical (unpaired) electrons. The van der Waals surface area contributed by atoms with Gasteiger partial charge >= 0.3 is 0 Å². The molecule has 1 aromatic heterocycles. The van der Waals surface area contributed by atoms with Gasteiger partial charge in [-0.2, -0.15) is 9.78 Å². The fraction of sp³-hybridized carbons (Fsp3) is 0.0870. The van der Waals surface area contributed by atoms with E-state index in [-0.39, 0.29) is 17.1 Å². The molecule has 4 aromatic rings. The minimum Gasteiger partial charge on any atom is -0.496 e. The maximum atomic E-state index is 14.5. The molecule has 0 aliphatic heterocycles. The summed E-state index contributed by atoms with van der Waals surface area (Å²) in [5.74, 6) is 0.592. The summed E-state index contributed by atoms with van der Waals surface area (Å²) in [6.45, 7) is 1.69. The van der Waals surface area contributed by atoms with Gasteiger partial charge in [-0.15, -0.1) is 0 Å². The molecule has 0 saturated carbocycles. The highest BCUT2D eigenvalue weighted by Crippen LogP contribution is 2.30. The number of halogens is 2. The normalized spacial score (nSPS) is 11.2. The number of fused-ring (bicyclic) bond motifs is 1. The second kappa shape index (κ2) is 8.69. The average molecular weight is 482 g/mol. The molecule has 0 aliphatic carbocycles. The number of hydrogen-bond donors (Lipinski definition) is 0. The number of para-hydroxylation sites is 1. The number of benzene rings is 3. The number of nitrogens with zero attached hydrogens (tertiary/aromatic N) is 3. The number of ether oxygens (including phenoxy) is 2. The number of hydrogen-bond acceptors (Lipinski definition) is 5. The third-order valence-corrected chi connectivity index (χ3v) is 5.03. The molecule has 0 atom stereocenters. The van der Waals surface area contributed by atoms with Gasteiger partial charge in [-0.05, 0) is 43.3 Å². The molecule has 8 heteroatoms. The van der Waals surface area contributed by atoms with Crippen molar-refractivity contribution in [3.8, 4) is 17.2 Å². The van der Waals surface area contributed by atoms with Crippen molar-refractivity contribution in [2.45, 2.75) is 6.92 Å². The smallest absolute Gasteiger partial charge is 0.282 e. The van der Waals surface area contributed by atoms with E-state index < -0.39 is 5.82 Å². The van der Waals surface area contributed by atoms with E-state index in [0.29, 0.717) is 28.0 Å². The Morgan fingerprint density at radius 2 is 1.87 bits per heavy atom. The Morgan fingerprint density at radius 1 is 1.10 bits per heavy atom. The summed E-state index contributed by atoms with van der Waals surface area (Å²) >= 11 is 3.37. The fourth-order valence-corrected chi connectivity index (χ4v) is 3.40. The van der Waals surface area contributed by atoms with Crippen LogP contribution >= 0.6 is 15.9 Å². The molecule has 0 saturated heterocycles. The summed E-state index contributed by atoms with van der Waals surface area (Å²) in [6, 6.07) is 16.8. The van der Waals surface area contributed by atoms with Crippen LogP contribution in [0.1, 0.15) is 11.4 Å². The number of methoxy groups -OCH3 is 1. The summed E-state index contributed by atoms with van der Waals surface area (Å²) in [4.78, 5) is 17.3. The van der Waals surface area contributed by atoms with Crippen molar-refractivity contribution in [1.82, 2.24) is 9.66 Å². The topological polar surface area (TPSA) is 65.7 Å². The van der Waals surface area contributed by atoms with E-state index in [0.717, 1.165) is 4.47 Å². The molecule has 0 bridgehead atoms. The van der Waals surface area contributed by atoms with Crippen LogP contribution in [-0.4, -0.2) is 23.0 Å². The van der Waals surface area contributed by atoms with Crippen LogP contribution in [0.25, 0.3) is 10.9 Å². The van der Waals surface area contributed by atoms with Gasteiger partial charge < -0.3 is 9.47 Å². The Bertz CT molecular complexity index is 1350. The molecule has 0 aliphatic rings. The third-order valence-electron chi connectivity index (χ3n) is 4.54. The highest BCUT2D eigenvalue weighted by molar-refractivity contribution is 9.10. The van der Waals surface area contributed by atoms with Crippen molar-refractivity contribution in [2.24, 2.45) is 5.10 Å². The first-order valence-corrected chi connectivity index (χ1v) is 10.1. The second-order valence-corrected chi connectivity index (χ2v) is 7.54. The number of rotatable bonds is 5. The van der Waals surface area contributed by atoms with Crippen LogP contribution in [-0.2, 0) is 0 Å². The SMILES string of the molecule is COc1cc(F)c(Oc2ccccc2)cc1C=Nn1c(C)nc2ccc(Br)cc2c1=O. The first-order valence-electron chi connectivity index (χ1n) is 9.30. The number of aryl methyl sites for hydroxylation is 1. The van der Waals surface area contributed by atoms with Crippen molar-refractivity contribution in [3.63, 3.8) is 0 Å². The lowest BCUT2D eigenvalue weighted by atomic mass is 10.2. The Balaban J connectivity index is 1.76. The lowest BCUT2D eigenvalue weighted by molar-refractivity contribution is 0.401. The van der Waals surface area contributed by atoms with Crippen LogP contribution in [0.4, 0.5) is 4.39 Å². The molecule has 0 amide bonds. The molecular formula is C23H17BrFN3O3. The maximum absolute atomic E-state index is 14.5. The van der Waals surface area contributed by atoms with Crippen molar-refractivity contribution >= 4 is 33.0 Å². The molecule has 156 valence electrons. The summed E-state index contributed by atoms with van der Waals surface area (Å²) in [5.41, 5.74) is 0.701. The summed E-state index contributed by atoms with van der Waals surface area (Å²) in [7, 11) is 1.43. The largest absolute Gasteiger partial charge is 0.496 e. The molecule has 0 unspecified atom stereocenters. The van der Waals surface area contributed by atoms with Gasteiger partial charge in [0.05, 0.1) is 24.2 Å². The van der Waals surface area contributed by atoms with Crippen LogP contribution in [0.2, 0.25) is 0 Å². The van der Waals surface area contributed by atoms with Gasteiger partial charge in [-0.3, -0.25) is 4.79 Å². The van der Waals surface area contributed by atoms with E-state index in [9.17, 15) is 9.18 Å². The minimum absolute atomic E-state index is 0.0121. The zero-order chi connectivity index (χ0) is 22.0. The highest BCUT2D eigenvalue weighted by Gasteiger charge is 2.13. The van der Waals surface area contributed by atoms with Gasteiger partial charge in [0.25, 0.3) is 5.56 Å². The van der Waals surface area contributed by atoms with E-state index in [4.69, 9.17) is 9.47 Å². The Labute approximate surface area is 185 Å². The quantitative estimate of drug-likeness (QED) is 0.363. The van der Waals surface area contributed by atoms with Crippen molar-refractivity contribution in [1.29, 1.82) is 0 Å². The molecule has 0 fully saturated rings. The van der Waals surface area contributed by atoms with Gasteiger partial charge in [0.1, 0.15) is 17.3 Å². The van der Waals surface area contributed by atoms with Gasteiger partial charge in [-0.25, -0.2) is 9.37 Å². The molecular weight excluding hydrogens is 465 g/mol. The predicted molar refractivity (Wildman–Crippen MR) is 121 cm³/mol. The lowest BCUT2D eigenvalue weighted by Crippen LogP contribution is -2.20. The summed E-state index contributed by atoms with van der Waals surface area (Å²) in [6.07, 6.45) is 1.41. The van der Waals surface area contributed by atoms with Crippen molar-refractivity contribution < 1.29 is 13.9 Å². The fourth-order valence-electron chi connectivity index (χ4n) is 3.04. The van der Waals surface area contributed by atoms with E-state index in [2.05, 4.69) is 26.0 Å². The first-order chi connectivity index (χ1) is 15.0. The third kappa shape index (κ3) is 4.34. The zero-order valence-electron chi connectivity index (χ0n) is 16.7.